The zero-order valence-electron chi connectivity index (χ0n) is 26.8. The average Bonchev–Trinajstić information content (AvgIpc) is 3.48. The van der Waals surface area contributed by atoms with Crippen molar-refractivity contribution >= 4 is 23.2 Å². The van der Waals surface area contributed by atoms with Crippen LogP contribution in [0.25, 0.3) is 16.9 Å². The number of Topliss-reactive ketones (excluding diaryl/α,β-unsaturated/α-hetero) is 2. The minimum Gasteiger partial charge on any atom is -0.508 e. The van der Waals surface area contributed by atoms with Crippen LogP contribution in [0.2, 0.25) is 0 Å². The van der Waals surface area contributed by atoms with Crippen molar-refractivity contribution in [2.75, 3.05) is 34.3 Å². The largest absolute Gasteiger partial charge is 0.508 e. The zero-order chi connectivity index (χ0) is 33.5. The number of carbonyl (C=O) groups excluding carboxylic acids is 3. The second-order valence-corrected chi connectivity index (χ2v) is 13.9. The van der Waals surface area contributed by atoms with Gasteiger partial charge in [0, 0.05) is 28.5 Å². The monoisotopic (exact) mass is 631 g/mol. The van der Waals surface area contributed by atoms with E-state index in [1.54, 1.807) is 34.2 Å². The number of rotatable bonds is 6. The number of ketones is 2. The predicted octanol–water partition coefficient (Wildman–Crippen LogP) is 3.02. The van der Waals surface area contributed by atoms with Crippen LogP contribution in [-0.4, -0.2) is 93.6 Å². The van der Waals surface area contributed by atoms with Gasteiger partial charge in [-0.2, -0.15) is 0 Å². The molecule has 1 aliphatic heterocycles. The fourth-order valence-electron chi connectivity index (χ4n) is 8.84. The Morgan fingerprint density at radius 3 is 2.35 bits per heavy atom. The summed E-state index contributed by atoms with van der Waals surface area (Å²) in [6, 6.07) is 7.95. The standard InChI is InChI=1S/C35H41N3O8/c1-33-15-21-19(20-14-18(8-11-23(20)46-5)16-38-12-6-7-13-38)9-10-22(39)24(21)27(40)26(33)31(43)35(45)30(42)25(32(36)44)28(41)29(37(3)4)34(35,2)17-33/h8-11,14,29,39-40,42,45H,6-7,12-13,15-17H2,1-5H3,(H2,36,44)/t29-,33+,34+,35-/m1/s1. The zero-order valence-corrected chi connectivity index (χ0v) is 26.8. The van der Waals surface area contributed by atoms with Crippen molar-refractivity contribution in [3.05, 3.63) is 63.9 Å². The Morgan fingerprint density at radius 1 is 1.07 bits per heavy atom. The number of ether oxygens (including phenoxy) is 1. The number of likely N-dealkylation sites (N-methyl/N-ethyl adjacent to an activating group) is 1. The first-order valence-corrected chi connectivity index (χ1v) is 15.5. The van der Waals surface area contributed by atoms with Gasteiger partial charge in [-0.15, -0.1) is 0 Å². The van der Waals surface area contributed by atoms with Gasteiger partial charge >= 0.3 is 0 Å². The van der Waals surface area contributed by atoms with Crippen LogP contribution in [0, 0.1) is 10.8 Å². The van der Waals surface area contributed by atoms with Crippen LogP contribution < -0.4 is 10.5 Å². The summed E-state index contributed by atoms with van der Waals surface area (Å²) in [4.78, 5) is 44.4. The van der Waals surface area contributed by atoms with Gasteiger partial charge < -0.3 is 30.9 Å². The van der Waals surface area contributed by atoms with Gasteiger partial charge in [-0.1, -0.05) is 26.0 Å². The molecule has 4 atom stereocenters. The fraction of sp³-hybridized carbons (Fsp3) is 0.457. The number of benzene rings is 2. The smallest absolute Gasteiger partial charge is 0.255 e. The molecule has 46 heavy (non-hydrogen) atoms. The number of aromatic hydroxyl groups is 1. The van der Waals surface area contributed by atoms with Crippen molar-refractivity contribution in [3.63, 3.8) is 0 Å². The highest BCUT2D eigenvalue weighted by atomic mass is 16.5. The summed E-state index contributed by atoms with van der Waals surface area (Å²) in [5.74, 6) is -4.47. The number of hydrogen-bond acceptors (Lipinski definition) is 10. The van der Waals surface area contributed by atoms with E-state index in [9.17, 15) is 34.8 Å². The first-order valence-electron chi connectivity index (χ1n) is 15.5. The van der Waals surface area contributed by atoms with Crippen LogP contribution >= 0.6 is 0 Å². The van der Waals surface area contributed by atoms with Gasteiger partial charge in [-0.05, 0) is 87.8 Å². The number of likely N-dealkylation sites (tertiary alicyclic amines) is 1. The number of primary amides is 1. The van der Waals surface area contributed by atoms with Crippen LogP contribution in [-0.2, 0) is 27.3 Å². The van der Waals surface area contributed by atoms with E-state index in [0.717, 1.165) is 43.6 Å². The average molecular weight is 632 g/mol. The third-order valence-corrected chi connectivity index (χ3v) is 10.7. The van der Waals surface area contributed by atoms with E-state index >= 15 is 0 Å². The lowest BCUT2D eigenvalue weighted by molar-refractivity contribution is -0.175. The molecule has 1 heterocycles. The lowest BCUT2D eigenvalue weighted by Gasteiger charge is -2.59. The van der Waals surface area contributed by atoms with Crippen LogP contribution in [0.5, 0.6) is 11.5 Å². The SMILES string of the molecule is COc1ccc(CN2CCCC2)cc1-c1ccc(O)c2c1C[C@@]1(C)C[C@@]3(C)[C@H](N(C)C)C(=O)C(C(N)=O)=C(O)[C@@]3(O)C(=O)C1=C2O. The molecular weight excluding hydrogens is 590 g/mol. The molecular formula is C35H41N3O8. The van der Waals surface area contributed by atoms with E-state index in [2.05, 4.69) is 4.90 Å². The number of methoxy groups -OCH3 is 1. The number of phenols is 1. The lowest BCUT2D eigenvalue weighted by atomic mass is 9.46. The van der Waals surface area contributed by atoms with Crippen molar-refractivity contribution in [2.45, 2.75) is 57.7 Å². The number of aliphatic hydroxyl groups is 3. The number of nitrogens with two attached hydrogens (primary N) is 1. The molecule has 0 unspecified atom stereocenters. The minimum absolute atomic E-state index is 0.0344. The number of phenolic OH excluding ortho intramolecular Hbond substituents is 1. The summed E-state index contributed by atoms with van der Waals surface area (Å²) in [5.41, 5.74) is 1.98. The Morgan fingerprint density at radius 2 is 1.74 bits per heavy atom. The van der Waals surface area contributed by atoms with E-state index in [1.165, 1.54) is 17.9 Å². The van der Waals surface area contributed by atoms with Gasteiger partial charge in [-0.25, -0.2) is 0 Å². The molecule has 6 N–H and O–H groups in total. The van der Waals surface area contributed by atoms with Crippen LogP contribution in [0.1, 0.15) is 49.8 Å². The van der Waals surface area contributed by atoms with E-state index in [4.69, 9.17) is 10.5 Å². The second kappa shape index (κ2) is 10.7. The molecule has 1 saturated carbocycles. The Bertz CT molecular complexity index is 1760. The van der Waals surface area contributed by atoms with E-state index in [-0.39, 0.29) is 29.7 Å². The summed E-state index contributed by atoms with van der Waals surface area (Å²) in [7, 11) is 4.74. The first kappa shape index (κ1) is 31.8. The van der Waals surface area contributed by atoms with E-state index in [1.807, 2.05) is 18.2 Å². The van der Waals surface area contributed by atoms with Crippen molar-refractivity contribution in [2.24, 2.45) is 16.6 Å². The molecule has 4 aliphatic rings. The van der Waals surface area contributed by atoms with E-state index < -0.39 is 57.0 Å². The highest BCUT2D eigenvalue weighted by Gasteiger charge is 2.72. The molecule has 0 radical (unpaired) electrons. The summed E-state index contributed by atoms with van der Waals surface area (Å²) in [6.07, 6.45) is 2.41. The van der Waals surface area contributed by atoms with Crippen molar-refractivity contribution < 1.29 is 39.5 Å². The summed E-state index contributed by atoms with van der Waals surface area (Å²) in [5, 5.41) is 46.5. The molecule has 6 rings (SSSR count). The number of aliphatic hydroxyl groups excluding tert-OH is 2. The Hall–Kier alpha value is -4.19. The van der Waals surface area contributed by atoms with Crippen molar-refractivity contribution in [3.8, 4) is 22.6 Å². The van der Waals surface area contributed by atoms with Crippen LogP contribution in [0.3, 0.4) is 0 Å². The number of fused-ring (bicyclic) bond motifs is 3. The molecule has 1 saturated heterocycles. The molecule has 2 aromatic carbocycles. The Balaban J connectivity index is 1.57. The van der Waals surface area contributed by atoms with E-state index in [0.29, 0.717) is 16.9 Å². The quantitative estimate of drug-likeness (QED) is 0.298. The molecule has 11 nitrogen and oxygen atoms in total. The molecule has 3 aliphatic carbocycles. The third-order valence-electron chi connectivity index (χ3n) is 10.7. The second-order valence-electron chi connectivity index (χ2n) is 13.9. The number of hydrogen-bond donors (Lipinski definition) is 5. The molecule has 0 aromatic heterocycles. The van der Waals surface area contributed by atoms with Gasteiger partial charge in [0.15, 0.2) is 11.4 Å². The first-order chi connectivity index (χ1) is 21.6. The van der Waals surface area contributed by atoms with Gasteiger partial charge in [0.05, 0.1) is 18.7 Å². The number of carbonyl (C=O) groups is 3. The molecule has 11 heteroatoms. The van der Waals surface area contributed by atoms with Gasteiger partial charge in [0.1, 0.15) is 28.6 Å². The molecule has 2 fully saturated rings. The Kier molecular flexibility index (Phi) is 7.38. The fourth-order valence-corrected chi connectivity index (χ4v) is 8.84. The number of nitrogens with zero attached hydrogens (tertiary/aromatic N) is 2. The highest BCUT2D eigenvalue weighted by Crippen LogP contribution is 2.63. The third kappa shape index (κ3) is 4.25. The molecule has 1 amide bonds. The topological polar surface area (TPSA) is 174 Å². The number of amides is 1. The minimum atomic E-state index is -2.76. The van der Waals surface area contributed by atoms with Gasteiger partial charge in [0.25, 0.3) is 5.91 Å². The summed E-state index contributed by atoms with van der Waals surface area (Å²) < 4.78 is 5.76. The highest BCUT2D eigenvalue weighted by molar-refractivity contribution is 6.25. The summed E-state index contributed by atoms with van der Waals surface area (Å²) in [6.45, 7) is 6.11. The maximum Gasteiger partial charge on any atom is 0.255 e. The van der Waals surface area contributed by atoms with Crippen LogP contribution in [0.15, 0.2) is 47.2 Å². The maximum atomic E-state index is 14.5. The summed E-state index contributed by atoms with van der Waals surface area (Å²) >= 11 is 0. The predicted molar refractivity (Wildman–Crippen MR) is 170 cm³/mol. The molecule has 0 bridgehead atoms. The van der Waals surface area contributed by atoms with Gasteiger partial charge in [-0.3, -0.25) is 24.2 Å². The van der Waals surface area contributed by atoms with Crippen molar-refractivity contribution in [1.82, 2.24) is 9.80 Å². The Labute approximate surface area is 267 Å². The lowest BCUT2D eigenvalue weighted by Crippen LogP contribution is -2.72. The molecule has 244 valence electrons. The normalized spacial score (nSPS) is 29.6. The molecule has 2 aromatic rings. The van der Waals surface area contributed by atoms with Gasteiger partial charge in [0.2, 0.25) is 5.78 Å². The molecule has 0 spiro atoms. The maximum absolute atomic E-state index is 14.5. The van der Waals surface area contributed by atoms with Crippen molar-refractivity contribution in [1.29, 1.82) is 0 Å². The van der Waals surface area contributed by atoms with Crippen LogP contribution in [0.4, 0.5) is 0 Å².